The quantitative estimate of drug-likeness (QED) is 0.756. The van der Waals surface area contributed by atoms with Crippen LogP contribution in [-0.2, 0) is 18.5 Å². The van der Waals surface area contributed by atoms with Crippen molar-refractivity contribution in [1.29, 1.82) is 0 Å². The lowest BCUT2D eigenvalue weighted by Gasteiger charge is -2.16. The molecule has 2 nitrogen and oxygen atoms in total. The van der Waals surface area contributed by atoms with Crippen LogP contribution >= 0.6 is 11.6 Å². The van der Waals surface area contributed by atoms with Crippen molar-refractivity contribution in [3.05, 3.63) is 47.5 Å². The molecule has 0 saturated heterocycles. The zero-order valence-corrected chi connectivity index (χ0v) is 11.7. The SMILES string of the molecule is CCCc1nccn1-c1ccc(CCl)cc1C(F)(F)F. The van der Waals surface area contributed by atoms with Gasteiger partial charge in [-0.05, 0) is 24.1 Å². The van der Waals surface area contributed by atoms with Crippen LogP contribution in [0, 0.1) is 0 Å². The molecule has 0 atom stereocenters. The lowest BCUT2D eigenvalue weighted by Crippen LogP contribution is -2.12. The predicted octanol–water partition coefficient (Wildman–Crippen LogP) is 4.58. The normalized spacial score (nSPS) is 11.8. The van der Waals surface area contributed by atoms with Crippen LogP contribution in [0.2, 0.25) is 0 Å². The number of hydrogen-bond donors (Lipinski definition) is 0. The molecule has 1 aromatic carbocycles. The van der Waals surface area contributed by atoms with E-state index in [0.717, 1.165) is 12.5 Å². The molecular formula is C14H14ClF3N2. The Balaban J connectivity index is 2.58. The number of nitrogens with zero attached hydrogens (tertiary/aromatic N) is 2. The first-order valence-electron chi connectivity index (χ1n) is 6.26. The van der Waals surface area contributed by atoms with Crippen molar-refractivity contribution in [2.75, 3.05) is 0 Å². The number of benzene rings is 1. The highest BCUT2D eigenvalue weighted by molar-refractivity contribution is 6.17. The van der Waals surface area contributed by atoms with Crippen molar-refractivity contribution in [1.82, 2.24) is 9.55 Å². The molecule has 108 valence electrons. The Morgan fingerprint density at radius 2 is 2.05 bits per heavy atom. The van der Waals surface area contributed by atoms with E-state index in [2.05, 4.69) is 4.98 Å². The van der Waals surface area contributed by atoms with Gasteiger partial charge in [0.2, 0.25) is 0 Å². The van der Waals surface area contributed by atoms with Crippen LogP contribution in [0.25, 0.3) is 5.69 Å². The Hall–Kier alpha value is -1.49. The van der Waals surface area contributed by atoms with Gasteiger partial charge in [-0.2, -0.15) is 13.2 Å². The zero-order chi connectivity index (χ0) is 14.8. The molecule has 0 amide bonds. The van der Waals surface area contributed by atoms with Crippen LogP contribution in [0.4, 0.5) is 13.2 Å². The summed E-state index contributed by atoms with van der Waals surface area (Å²) in [4.78, 5) is 4.12. The van der Waals surface area contributed by atoms with Gasteiger partial charge in [0.15, 0.2) is 0 Å². The second-order valence-corrected chi connectivity index (χ2v) is 4.71. The Morgan fingerprint density at radius 3 is 2.65 bits per heavy atom. The number of halogens is 4. The maximum atomic E-state index is 13.2. The molecule has 0 aliphatic rings. The standard InChI is InChI=1S/C14H14ClF3N2/c1-2-3-13-19-6-7-20(13)12-5-4-10(9-15)8-11(12)14(16,17)18/h4-8H,2-3,9H2,1H3. The third kappa shape index (κ3) is 2.98. The number of aryl methyl sites for hydroxylation is 1. The molecule has 0 N–H and O–H groups in total. The largest absolute Gasteiger partial charge is 0.418 e. The van der Waals surface area contributed by atoms with Gasteiger partial charge >= 0.3 is 6.18 Å². The van der Waals surface area contributed by atoms with E-state index >= 15 is 0 Å². The second kappa shape index (κ2) is 5.87. The summed E-state index contributed by atoms with van der Waals surface area (Å²) < 4.78 is 41.1. The van der Waals surface area contributed by atoms with Crippen molar-refractivity contribution in [3.63, 3.8) is 0 Å². The van der Waals surface area contributed by atoms with Crippen LogP contribution in [0.3, 0.4) is 0 Å². The van der Waals surface area contributed by atoms with Gasteiger partial charge in [-0.15, -0.1) is 11.6 Å². The number of alkyl halides is 4. The van der Waals surface area contributed by atoms with Crippen LogP contribution in [0.15, 0.2) is 30.6 Å². The highest BCUT2D eigenvalue weighted by Crippen LogP contribution is 2.35. The summed E-state index contributed by atoms with van der Waals surface area (Å²) in [6.45, 7) is 1.96. The van der Waals surface area contributed by atoms with Crippen molar-refractivity contribution in [3.8, 4) is 5.69 Å². The molecule has 0 bridgehead atoms. The molecule has 0 saturated carbocycles. The van der Waals surface area contributed by atoms with E-state index in [1.54, 1.807) is 12.3 Å². The topological polar surface area (TPSA) is 17.8 Å². The fourth-order valence-electron chi connectivity index (χ4n) is 2.07. The Morgan fingerprint density at radius 1 is 1.30 bits per heavy atom. The highest BCUT2D eigenvalue weighted by atomic mass is 35.5. The van der Waals surface area contributed by atoms with Gasteiger partial charge in [0.1, 0.15) is 5.82 Å². The number of imidazole rings is 1. The first-order valence-corrected chi connectivity index (χ1v) is 6.79. The van der Waals surface area contributed by atoms with Gasteiger partial charge in [-0.3, -0.25) is 0 Å². The van der Waals surface area contributed by atoms with Crippen molar-refractivity contribution >= 4 is 11.6 Å². The molecule has 0 fully saturated rings. The Bertz CT molecular complexity index is 590. The van der Waals surface area contributed by atoms with Crippen molar-refractivity contribution in [2.45, 2.75) is 31.8 Å². The van der Waals surface area contributed by atoms with Crippen LogP contribution in [0.5, 0.6) is 0 Å². The molecule has 0 aliphatic heterocycles. The van der Waals surface area contributed by atoms with Gasteiger partial charge in [0.05, 0.1) is 11.3 Å². The van der Waals surface area contributed by atoms with Crippen LogP contribution in [-0.4, -0.2) is 9.55 Å². The monoisotopic (exact) mass is 302 g/mol. The van der Waals surface area contributed by atoms with E-state index < -0.39 is 11.7 Å². The first kappa shape index (κ1) is 14.9. The summed E-state index contributed by atoms with van der Waals surface area (Å²) in [5.41, 5.74) is -0.154. The minimum atomic E-state index is -4.43. The number of hydrogen-bond acceptors (Lipinski definition) is 1. The highest BCUT2D eigenvalue weighted by Gasteiger charge is 2.34. The Kier molecular flexibility index (Phi) is 4.38. The molecule has 6 heteroatoms. The van der Waals surface area contributed by atoms with Gasteiger partial charge < -0.3 is 4.57 Å². The molecule has 0 aliphatic carbocycles. The fraction of sp³-hybridized carbons (Fsp3) is 0.357. The average Bonchev–Trinajstić information content (AvgIpc) is 2.85. The summed E-state index contributed by atoms with van der Waals surface area (Å²) in [7, 11) is 0. The van der Waals surface area contributed by atoms with E-state index in [4.69, 9.17) is 11.6 Å². The van der Waals surface area contributed by atoms with E-state index in [1.807, 2.05) is 6.92 Å². The average molecular weight is 303 g/mol. The van der Waals surface area contributed by atoms with Gasteiger partial charge in [0.25, 0.3) is 0 Å². The van der Waals surface area contributed by atoms with Crippen LogP contribution < -0.4 is 0 Å². The van der Waals surface area contributed by atoms with Gasteiger partial charge in [-0.1, -0.05) is 13.0 Å². The van der Waals surface area contributed by atoms with Gasteiger partial charge in [-0.25, -0.2) is 4.98 Å². The lowest BCUT2D eigenvalue weighted by atomic mass is 10.1. The minimum Gasteiger partial charge on any atom is -0.303 e. The molecule has 0 radical (unpaired) electrons. The molecule has 0 unspecified atom stereocenters. The maximum Gasteiger partial charge on any atom is 0.418 e. The smallest absolute Gasteiger partial charge is 0.303 e. The number of aromatic nitrogens is 2. The van der Waals surface area contributed by atoms with Gasteiger partial charge in [0, 0.05) is 24.7 Å². The molecule has 0 spiro atoms. The summed E-state index contributed by atoms with van der Waals surface area (Å²) >= 11 is 5.62. The second-order valence-electron chi connectivity index (χ2n) is 4.45. The third-order valence-electron chi connectivity index (χ3n) is 2.97. The summed E-state index contributed by atoms with van der Waals surface area (Å²) in [5, 5.41) is 0. The van der Waals surface area contributed by atoms with E-state index in [9.17, 15) is 13.2 Å². The molecule has 1 aromatic heterocycles. The zero-order valence-electron chi connectivity index (χ0n) is 10.9. The molecule has 20 heavy (non-hydrogen) atoms. The molecular weight excluding hydrogens is 289 g/mol. The molecule has 2 rings (SSSR count). The fourth-order valence-corrected chi connectivity index (χ4v) is 2.23. The summed E-state index contributed by atoms with van der Waals surface area (Å²) in [6, 6.07) is 4.15. The van der Waals surface area contributed by atoms with E-state index in [1.165, 1.54) is 16.8 Å². The van der Waals surface area contributed by atoms with Crippen LogP contribution in [0.1, 0.15) is 30.3 Å². The predicted molar refractivity (Wildman–Crippen MR) is 72.1 cm³/mol. The summed E-state index contributed by atoms with van der Waals surface area (Å²) in [6.07, 6.45) is 0.0847. The maximum absolute atomic E-state index is 13.2. The number of rotatable bonds is 4. The lowest BCUT2D eigenvalue weighted by molar-refractivity contribution is -0.137. The van der Waals surface area contributed by atoms with E-state index in [0.29, 0.717) is 17.8 Å². The third-order valence-corrected chi connectivity index (χ3v) is 3.28. The minimum absolute atomic E-state index is 0.0507. The van der Waals surface area contributed by atoms with Crippen molar-refractivity contribution < 1.29 is 13.2 Å². The van der Waals surface area contributed by atoms with E-state index in [-0.39, 0.29) is 11.6 Å². The molecule has 1 heterocycles. The Labute approximate surface area is 120 Å². The first-order chi connectivity index (χ1) is 9.47. The molecule has 2 aromatic rings. The summed E-state index contributed by atoms with van der Waals surface area (Å²) in [5.74, 6) is 0.673. The van der Waals surface area contributed by atoms with Crippen molar-refractivity contribution in [2.24, 2.45) is 0 Å².